The minimum absolute atomic E-state index is 0.127. The minimum Gasteiger partial charge on any atom is -0.465 e. The summed E-state index contributed by atoms with van der Waals surface area (Å²) < 4.78 is 18.7. The molecule has 0 atom stereocenters. The molecule has 4 rings (SSSR count). The Morgan fingerprint density at radius 3 is 2.45 bits per heavy atom. The molecular weight excluding hydrogens is 413 g/mol. The van der Waals surface area contributed by atoms with Crippen molar-refractivity contribution in [2.24, 2.45) is 0 Å². The molecule has 1 fully saturated rings. The Morgan fingerprint density at radius 2 is 1.74 bits per heavy atom. The summed E-state index contributed by atoms with van der Waals surface area (Å²) in [6.45, 7) is 5.30. The average Bonchev–Trinajstić information content (AvgIpc) is 3.15. The molecule has 1 aliphatic rings. The van der Waals surface area contributed by atoms with Crippen LogP contribution in [0.1, 0.15) is 28.0 Å². The number of hydrogen-bond donors (Lipinski definition) is 0. The summed E-state index contributed by atoms with van der Waals surface area (Å²) in [6.07, 6.45) is 1.06. The van der Waals surface area contributed by atoms with E-state index in [-0.39, 0.29) is 11.8 Å². The summed E-state index contributed by atoms with van der Waals surface area (Å²) in [7, 11) is 1.38. The molecule has 7 heteroatoms. The fourth-order valence-electron chi connectivity index (χ4n) is 3.82. The number of aromatic nitrogens is 1. The van der Waals surface area contributed by atoms with Crippen LogP contribution >= 0.6 is 11.3 Å². The topological polar surface area (TPSA) is 45.7 Å². The average molecular weight is 440 g/mol. The lowest BCUT2D eigenvalue weighted by Crippen LogP contribution is -2.30. The lowest BCUT2D eigenvalue weighted by molar-refractivity contribution is 0.0600. The van der Waals surface area contributed by atoms with Crippen molar-refractivity contribution in [1.29, 1.82) is 0 Å². The number of methoxy groups -OCH3 is 1. The maximum atomic E-state index is 14.0. The van der Waals surface area contributed by atoms with E-state index in [0.717, 1.165) is 61.0 Å². The van der Waals surface area contributed by atoms with Gasteiger partial charge in [0.2, 0.25) is 0 Å². The Bertz CT molecular complexity index is 1020. The highest BCUT2D eigenvalue weighted by atomic mass is 32.1. The van der Waals surface area contributed by atoms with Crippen LogP contribution < -0.4 is 0 Å². The maximum Gasteiger partial charge on any atom is 0.337 e. The summed E-state index contributed by atoms with van der Waals surface area (Å²) in [6, 6.07) is 14.4. The van der Waals surface area contributed by atoms with Crippen molar-refractivity contribution in [3.8, 4) is 10.6 Å². The molecule has 2 aromatic carbocycles. The summed E-state index contributed by atoms with van der Waals surface area (Å²) in [5.41, 5.74) is 3.35. The molecule has 0 radical (unpaired) electrons. The number of thiazole rings is 1. The quantitative estimate of drug-likeness (QED) is 0.531. The van der Waals surface area contributed by atoms with Crippen molar-refractivity contribution >= 4 is 17.3 Å². The van der Waals surface area contributed by atoms with Gasteiger partial charge in [0.05, 0.1) is 18.4 Å². The lowest BCUT2D eigenvalue weighted by Gasteiger charge is -2.21. The van der Waals surface area contributed by atoms with Gasteiger partial charge in [0, 0.05) is 42.7 Å². The van der Waals surface area contributed by atoms with E-state index in [4.69, 9.17) is 9.72 Å². The Hall–Kier alpha value is -2.61. The fourth-order valence-corrected chi connectivity index (χ4v) is 4.63. The second-order valence-corrected chi connectivity index (χ2v) is 8.57. The van der Waals surface area contributed by atoms with E-state index in [0.29, 0.717) is 12.1 Å². The van der Waals surface area contributed by atoms with Crippen LogP contribution in [0.4, 0.5) is 4.39 Å². The van der Waals surface area contributed by atoms with Gasteiger partial charge in [0.25, 0.3) is 0 Å². The molecule has 0 bridgehead atoms. The smallest absolute Gasteiger partial charge is 0.337 e. The Balaban J connectivity index is 1.33. The molecule has 2 heterocycles. The Morgan fingerprint density at radius 1 is 1.03 bits per heavy atom. The summed E-state index contributed by atoms with van der Waals surface area (Å²) >= 11 is 1.61. The molecule has 1 saturated heterocycles. The number of esters is 1. The van der Waals surface area contributed by atoms with Crippen LogP contribution in [-0.4, -0.2) is 54.0 Å². The molecule has 0 saturated carbocycles. The van der Waals surface area contributed by atoms with E-state index in [1.807, 2.05) is 24.3 Å². The van der Waals surface area contributed by atoms with Crippen molar-refractivity contribution < 1.29 is 13.9 Å². The number of carbonyl (C=O) groups is 1. The molecule has 0 aliphatic carbocycles. The summed E-state index contributed by atoms with van der Waals surface area (Å²) in [4.78, 5) is 21.1. The molecule has 0 spiro atoms. The zero-order valence-corrected chi connectivity index (χ0v) is 18.4. The highest BCUT2D eigenvalue weighted by molar-refractivity contribution is 7.13. The van der Waals surface area contributed by atoms with Crippen molar-refractivity contribution in [3.05, 3.63) is 76.5 Å². The summed E-state index contributed by atoms with van der Waals surface area (Å²) in [5.74, 6) is -0.463. The van der Waals surface area contributed by atoms with Gasteiger partial charge in [-0.25, -0.2) is 14.2 Å². The van der Waals surface area contributed by atoms with E-state index < -0.39 is 0 Å². The van der Waals surface area contributed by atoms with Crippen LogP contribution in [0.2, 0.25) is 0 Å². The van der Waals surface area contributed by atoms with Crippen LogP contribution in [-0.2, 0) is 17.8 Å². The van der Waals surface area contributed by atoms with Crippen LogP contribution in [0.5, 0.6) is 0 Å². The molecule has 0 unspecified atom stereocenters. The van der Waals surface area contributed by atoms with Crippen molar-refractivity contribution in [2.75, 3.05) is 33.3 Å². The molecule has 3 aromatic rings. The first-order valence-electron chi connectivity index (χ1n) is 10.4. The van der Waals surface area contributed by atoms with Gasteiger partial charge in [-0.05, 0) is 37.7 Å². The third-order valence-corrected chi connectivity index (χ3v) is 6.46. The SMILES string of the molecule is COC(=O)c1ccc(-c2nc(CN3CCCN(Cc4ccccc4F)CC3)cs2)cc1. The number of ether oxygens (including phenoxy) is 1. The van der Waals surface area contributed by atoms with Gasteiger partial charge >= 0.3 is 5.97 Å². The zero-order chi connectivity index (χ0) is 21.6. The van der Waals surface area contributed by atoms with Gasteiger partial charge in [-0.2, -0.15) is 0 Å². The van der Waals surface area contributed by atoms with Crippen molar-refractivity contribution in [3.63, 3.8) is 0 Å². The number of nitrogens with zero attached hydrogens (tertiary/aromatic N) is 3. The van der Waals surface area contributed by atoms with Gasteiger partial charge in [-0.1, -0.05) is 30.3 Å². The Kier molecular flexibility index (Phi) is 7.06. The molecule has 162 valence electrons. The lowest BCUT2D eigenvalue weighted by atomic mass is 10.1. The van der Waals surface area contributed by atoms with Gasteiger partial charge in [-0.3, -0.25) is 9.80 Å². The minimum atomic E-state index is -0.336. The number of carbonyl (C=O) groups excluding carboxylic acids is 1. The van der Waals surface area contributed by atoms with Crippen LogP contribution in [0, 0.1) is 5.82 Å². The van der Waals surface area contributed by atoms with Crippen LogP contribution in [0.25, 0.3) is 10.6 Å². The van der Waals surface area contributed by atoms with E-state index >= 15 is 0 Å². The largest absolute Gasteiger partial charge is 0.465 e. The van der Waals surface area contributed by atoms with Gasteiger partial charge in [0.15, 0.2) is 0 Å². The molecule has 31 heavy (non-hydrogen) atoms. The normalized spacial score (nSPS) is 15.5. The predicted octanol–water partition coefficient (Wildman–Crippen LogP) is 4.44. The zero-order valence-electron chi connectivity index (χ0n) is 17.6. The first-order chi connectivity index (χ1) is 15.1. The molecule has 0 amide bonds. The third kappa shape index (κ3) is 5.55. The molecule has 1 aliphatic heterocycles. The van der Waals surface area contributed by atoms with E-state index in [1.54, 1.807) is 29.5 Å². The first kappa shape index (κ1) is 21.6. The molecular formula is C24H26FN3O2S. The highest BCUT2D eigenvalue weighted by Crippen LogP contribution is 2.25. The van der Waals surface area contributed by atoms with Gasteiger partial charge in [0.1, 0.15) is 10.8 Å². The highest BCUT2D eigenvalue weighted by Gasteiger charge is 2.17. The van der Waals surface area contributed by atoms with E-state index in [1.165, 1.54) is 13.2 Å². The van der Waals surface area contributed by atoms with Gasteiger partial charge in [-0.15, -0.1) is 11.3 Å². The second kappa shape index (κ2) is 10.1. The Labute approximate surface area is 186 Å². The molecule has 1 aromatic heterocycles. The number of benzene rings is 2. The van der Waals surface area contributed by atoms with Crippen molar-refractivity contribution in [2.45, 2.75) is 19.5 Å². The van der Waals surface area contributed by atoms with Crippen LogP contribution in [0.15, 0.2) is 53.9 Å². The van der Waals surface area contributed by atoms with E-state index in [2.05, 4.69) is 15.2 Å². The molecule has 0 N–H and O–H groups in total. The summed E-state index contributed by atoms with van der Waals surface area (Å²) in [5, 5.41) is 3.05. The molecule has 5 nitrogen and oxygen atoms in total. The van der Waals surface area contributed by atoms with Crippen molar-refractivity contribution in [1.82, 2.24) is 14.8 Å². The number of hydrogen-bond acceptors (Lipinski definition) is 6. The van der Waals surface area contributed by atoms with Crippen LogP contribution in [0.3, 0.4) is 0 Å². The predicted molar refractivity (Wildman–Crippen MR) is 120 cm³/mol. The first-order valence-corrected chi connectivity index (χ1v) is 11.3. The second-order valence-electron chi connectivity index (χ2n) is 7.71. The fraction of sp³-hybridized carbons (Fsp3) is 0.333. The third-order valence-electron chi connectivity index (χ3n) is 5.52. The number of halogens is 1. The number of rotatable bonds is 6. The standard InChI is InChI=1S/C24H26FN3O2S/c1-30-24(29)19-9-7-18(8-10-19)23-26-21(17-31-23)16-28-12-4-11-27(13-14-28)15-20-5-2-3-6-22(20)25/h2-3,5-10,17H,4,11-16H2,1H3. The maximum absolute atomic E-state index is 14.0. The van der Waals surface area contributed by atoms with Gasteiger partial charge < -0.3 is 4.74 Å². The monoisotopic (exact) mass is 439 g/mol. The van der Waals surface area contributed by atoms with E-state index in [9.17, 15) is 9.18 Å².